The van der Waals surface area contributed by atoms with Gasteiger partial charge in [-0.3, -0.25) is 37.0 Å². The molecule has 25 heteroatoms. The fourth-order valence-electron chi connectivity index (χ4n) is 4.85. The van der Waals surface area contributed by atoms with Crippen molar-refractivity contribution in [2.75, 3.05) is 25.2 Å². The molecule has 4 aromatic rings. The van der Waals surface area contributed by atoms with Gasteiger partial charge in [-0.1, -0.05) is 6.58 Å². The standard InChI is InChI=1S/C21H24F2N10O11P2/c1-7-9(22)14(20(41-7)32-5-28-11-15(24)26-4-27-16(11)32)44-46(37,38)40-3-8-13(43-45(35,36)39-2)10(23)19(42-8)33-6-29-12-17(33)30-21(25)31-18(12)34/h4-6,8-10,13-14,19-20H,1,3H2,2H3,(H,35,36)(H,37,38)(H2,24,26,27)(H3,25,30,31,34)/t8-,9+,10-,13-,14-,19?,20-/m1/s1. The summed E-state index contributed by atoms with van der Waals surface area (Å²) in [5.41, 5.74) is 10.4. The fourth-order valence-corrected chi connectivity index (χ4v) is 6.41. The third-order valence-electron chi connectivity index (χ3n) is 6.94. The zero-order valence-electron chi connectivity index (χ0n) is 23.2. The number of fused-ring (bicyclic) bond motifs is 2. The molecule has 2 aliphatic rings. The van der Waals surface area contributed by atoms with E-state index in [1.54, 1.807) is 0 Å². The first-order valence-corrected chi connectivity index (χ1v) is 15.9. The number of H-pyrrole nitrogens is 1. The minimum absolute atomic E-state index is 0.000508. The summed E-state index contributed by atoms with van der Waals surface area (Å²) in [5, 5.41) is 0. The van der Waals surface area contributed by atoms with E-state index in [0.717, 1.165) is 24.3 Å². The summed E-state index contributed by atoms with van der Waals surface area (Å²) >= 11 is 0. The monoisotopic (exact) mass is 692 g/mol. The number of halogens is 2. The SMILES string of the molecule is C=C1O[C@@H](n2cnc3c(N)ncnc32)[C@H](OP(=O)(O)OC[C@H]2OC(n3cnc4c(=O)[nH]c(N)nc43)[C@H](F)[C@@H]2OP(=O)(O)OC)[C@H]1F. The summed E-state index contributed by atoms with van der Waals surface area (Å²) < 4.78 is 89.0. The largest absolute Gasteiger partial charge is 0.472 e. The van der Waals surface area contributed by atoms with Gasteiger partial charge in [-0.15, -0.1) is 0 Å². The average molecular weight is 692 g/mol. The number of hydrogen-bond donors (Lipinski definition) is 5. The molecular formula is C21H24F2N10O11P2. The Hall–Kier alpha value is -3.92. The third-order valence-corrected chi connectivity index (χ3v) is 8.90. The van der Waals surface area contributed by atoms with E-state index in [-0.39, 0.29) is 34.1 Å². The second kappa shape index (κ2) is 11.7. The molecule has 46 heavy (non-hydrogen) atoms. The molecule has 0 bridgehead atoms. The van der Waals surface area contributed by atoms with Gasteiger partial charge in [0.15, 0.2) is 47.3 Å². The lowest BCUT2D eigenvalue weighted by molar-refractivity contribution is -0.0533. The van der Waals surface area contributed by atoms with E-state index >= 15 is 8.78 Å². The number of phosphoric acid groups is 2. The van der Waals surface area contributed by atoms with Crippen LogP contribution in [0, 0.1) is 0 Å². The highest BCUT2D eigenvalue weighted by Crippen LogP contribution is 2.53. The molecule has 3 unspecified atom stereocenters. The van der Waals surface area contributed by atoms with Gasteiger partial charge in [0.25, 0.3) is 5.56 Å². The first-order chi connectivity index (χ1) is 21.7. The maximum atomic E-state index is 15.8. The number of aromatic amines is 1. The number of aromatic nitrogens is 8. The summed E-state index contributed by atoms with van der Waals surface area (Å²) in [6.45, 7) is 2.43. The molecule has 9 atom stereocenters. The van der Waals surface area contributed by atoms with Gasteiger partial charge >= 0.3 is 15.6 Å². The average Bonchev–Trinajstić information content (AvgIpc) is 3.74. The van der Waals surface area contributed by atoms with Crippen LogP contribution in [0.3, 0.4) is 0 Å². The van der Waals surface area contributed by atoms with Crippen molar-refractivity contribution in [3.8, 4) is 0 Å². The van der Waals surface area contributed by atoms with Crippen molar-refractivity contribution in [3.05, 3.63) is 41.7 Å². The van der Waals surface area contributed by atoms with E-state index in [0.29, 0.717) is 0 Å². The van der Waals surface area contributed by atoms with E-state index in [2.05, 4.69) is 41.0 Å². The number of ether oxygens (including phenoxy) is 2. The highest BCUT2D eigenvalue weighted by Gasteiger charge is 2.52. The van der Waals surface area contributed by atoms with E-state index in [1.807, 2.05) is 0 Å². The van der Waals surface area contributed by atoms with Crippen LogP contribution in [0.5, 0.6) is 0 Å². The van der Waals surface area contributed by atoms with Crippen LogP contribution in [-0.4, -0.2) is 93.2 Å². The van der Waals surface area contributed by atoms with Crippen molar-refractivity contribution in [2.45, 2.75) is 43.1 Å². The van der Waals surface area contributed by atoms with Crippen molar-refractivity contribution >= 4 is 49.7 Å². The molecule has 0 radical (unpaired) electrons. The number of anilines is 2. The summed E-state index contributed by atoms with van der Waals surface area (Å²) in [7, 11) is -9.34. The first kappa shape index (κ1) is 32.0. The molecule has 2 saturated heterocycles. The van der Waals surface area contributed by atoms with Crippen molar-refractivity contribution in [3.63, 3.8) is 0 Å². The van der Waals surface area contributed by atoms with Crippen LogP contribution in [0.1, 0.15) is 12.5 Å². The first-order valence-electron chi connectivity index (χ1n) is 12.9. The topological polar surface area (TPSA) is 289 Å². The normalized spacial score (nSPS) is 29.2. The number of alkyl halides is 2. The zero-order valence-corrected chi connectivity index (χ0v) is 25.0. The predicted octanol–water partition coefficient (Wildman–Crippen LogP) is 0.374. The fraction of sp³-hybridized carbons (Fsp3) is 0.429. The minimum Gasteiger partial charge on any atom is -0.469 e. The summed E-state index contributed by atoms with van der Waals surface area (Å²) in [4.78, 5) is 54.6. The highest BCUT2D eigenvalue weighted by molar-refractivity contribution is 7.47. The Morgan fingerprint density at radius 1 is 1.02 bits per heavy atom. The lowest BCUT2D eigenvalue weighted by Gasteiger charge is -2.24. The maximum absolute atomic E-state index is 15.8. The van der Waals surface area contributed by atoms with E-state index in [9.17, 15) is 23.7 Å². The molecule has 6 heterocycles. The lowest BCUT2D eigenvalue weighted by Crippen LogP contribution is -2.34. The molecule has 0 amide bonds. The smallest absolute Gasteiger partial charge is 0.469 e. The number of imidazole rings is 2. The molecule has 2 aliphatic heterocycles. The minimum atomic E-state index is -5.27. The van der Waals surface area contributed by atoms with Crippen molar-refractivity contribution in [2.24, 2.45) is 0 Å². The molecule has 0 aromatic carbocycles. The van der Waals surface area contributed by atoms with Gasteiger partial charge in [-0.05, 0) is 0 Å². The highest BCUT2D eigenvalue weighted by atomic mass is 31.2. The number of hydrogen-bond acceptors (Lipinski definition) is 16. The van der Waals surface area contributed by atoms with Crippen molar-refractivity contribution in [1.82, 2.24) is 39.0 Å². The van der Waals surface area contributed by atoms with Gasteiger partial charge in [-0.25, -0.2) is 37.8 Å². The second-order valence-electron chi connectivity index (χ2n) is 9.80. The Morgan fingerprint density at radius 3 is 2.41 bits per heavy atom. The van der Waals surface area contributed by atoms with Crippen LogP contribution in [0.15, 0.2) is 36.1 Å². The van der Waals surface area contributed by atoms with Gasteiger partial charge < -0.3 is 30.7 Å². The summed E-state index contributed by atoms with van der Waals surface area (Å²) in [5.74, 6) is -0.784. The molecule has 0 saturated carbocycles. The van der Waals surface area contributed by atoms with Gasteiger partial charge in [0.2, 0.25) is 12.2 Å². The van der Waals surface area contributed by atoms with Gasteiger partial charge in [0.05, 0.1) is 12.9 Å². The molecule has 21 nitrogen and oxygen atoms in total. The van der Waals surface area contributed by atoms with E-state index in [4.69, 9.17) is 34.5 Å². The van der Waals surface area contributed by atoms with E-state index in [1.165, 1.54) is 10.9 Å². The molecule has 2 fully saturated rings. The molecule has 0 spiro atoms. The zero-order chi connectivity index (χ0) is 33.1. The Bertz CT molecular complexity index is 1980. The molecule has 248 valence electrons. The van der Waals surface area contributed by atoms with Crippen LogP contribution in [0.2, 0.25) is 0 Å². The molecule has 6 rings (SSSR count). The van der Waals surface area contributed by atoms with Crippen LogP contribution in [0.4, 0.5) is 20.5 Å². The molecular weight excluding hydrogens is 668 g/mol. The second-order valence-corrected chi connectivity index (χ2v) is 12.7. The van der Waals surface area contributed by atoms with Crippen LogP contribution in [-0.2, 0) is 36.7 Å². The Labute approximate surface area is 254 Å². The van der Waals surface area contributed by atoms with Crippen molar-refractivity contribution in [1.29, 1.82) is 0 Å². The Kier molecular flexibility index (Phi) is 8.15. The Balaban J connectivity index is 1.24. The lowest BCUT2D eigenvalue weighted by atomic mass is 10.1. The Morgan fingerprint density at radius 2 is 1.70 bits per heavy atom. The number of nitrogens with one attached hydrogen (secondary N) is 1. The van der Waals surface area contributed by atoms with Crippen LogP contribution < -0.4 is 17.0 Å². The summed E-state index contributed by atoms with van der Waals surface area (Å²) in [6, 6.07) is 0. The number of nitrogen functional groups attached to an aromatic ring is 2. The quantitative estimate of drug-likeness (QED) is 0.140. The maximum Gasteiger partial charge on any atom is 0.472 e. The van der Waals surface area contributed by atoms with Crippen LogP contribution in [0.25, 0.3) is 22.3 Å². The number of rotatable bonds is 10. The van der Waals surface area contributed by atoms with Crippen molar-refractivity contribution < 1.29 is 55.3 Å². The molecule has 7 N–H and O–H groups in total. The van der Waals surface area contributed by atoms with Gasteiger partial charge in [0.1, 0.15) is 36.1 Å². The number of phosphoric ester groups is 2. The number of nitrogens with zero attached hydrogens (tertiary/aromatic N) is 7. The van der Waals surface area contributed by atoms with E-state index < -0.39 is 76.7 Å². The van der Waals surface area contributed by atoms with Gasteiger partial charge in [-0.2, -0.15) is 4.98 Å². The summed E-state index contributed by atoms with van der Waals surface area (Å²) in [6.07, 6.45) is -9.93. The number of nitrogens with two attached hydrogens (primary N) is 2. The predicted molar refractivity (Wildman–Crippen MR) is 148 cm³/mol. The molecule has 4 aromatic heterocycles. The van der Waals surface area contributed by atoms with Crippen LogP contribution >= 0.6 is 15.6 Å². The third kappa shape index (κ3) is 5.76. The van der Waals surface area contributed by atoms with Gasteiger partial charge in [0, 0.05) is 7.11 Å². The molecule has 0 aliphatic carbocycles.